The first-order valence-electron chi connectivity index (χ1n) is 9.93. The summed E-state index contributed by atoms with van der Waals surface area (Å²) in [5.74, 6) is 6.61. The predicted octanol–water partition coefficient (Wildman–Crippen LogP) is 1.32. The van der Waals surface area contributed by atoms with Crippen molar-refractivity contribution in [1.82, 2.24) is 28.7 Å². The molecule has 32 heavy (non-hydrogen) atoms. The van der Waals surface area contributed by atoms with Gasteiger partial charge in [-0.3, -0.25) is 18.6 Å². The third kappa shape index (κ3) is 2.73. The summed E-state index contributed by atoms with van der Waals surface area (Å²) in [6.45, 7) is 1.87. The van der Waals surface area contributed by atoms with Crippen LogP contribution in [0.2, 0.25) is 0 Å². The molecule has 0 bridgehead atoms. The van der Waals surface area contributed by atoms with Gasteiger partial charge in [0, 0.05) is 13.2 Å². The second-order valence-electron chi connectivity index (χ2n) is 7.33. The van der Waals surface area contributed by atoms with Crippen molar-refractivity contribution in [2.45, 2.75) is 6.92 Å². The molecule has 0 saturated carbocycles. The maximum absolute atomic E-state index is 13.7. The van der Waals surface area contributed by atoms with E-state index in [-0.39, 0.29) is 11.4 Å². The van der Waals surface area contributed by atoms with Crippen molar-refractivity contribution in [2.24, 2.45) is 18.0 Å². The molecule has 10 nitrogen and oxygen atoms in total. The van der Waals surface area contributed by atoms with Crippen LogP contribution in [0, 0.1) is 6.92 Å². The molecule has 2 aliphatic heterocycles. The predicted molar refractivity (Wildman–Crippen MR) is 121 cm³/mol. The number of nitrogens with zero attached hydrogens (tertiary/aromatic N) is 7. The highest BCUT2D eigenvalue weighted by molar-refractivity contribution is 5.71. The fourth-order valence-electron chi connectivity index (χ4n) is 3.93. The second-order valence-corrected chi connectivity index (χ2v) is 7.33. The number of hydrogen-bond donors (Lipinski definition) is 2. The van der Waals surface area contributed by atoms with Crippen molar-refractivity contribution < 1.29 is 0 Å². The van der Waals surface area contributed by atoms with E-state index < -0.39 is 0 Å². The molecule has 0 atom stereocenters. The summed E-state index contributed by atoms with van der Waals surface area (Å²) >= 11 is 0. The van der Waals surface area contributed by atoms with E-state index in [0.29, 0.717) is 22.7 Å². The molecule has 0 saturated heterocycles. The molecule has 1 aromatic heterocycles. The number of para-hydroxylation sites is 2. The number of fused-ring (bicyclic) bond motifs is 1. The van der Waals surface area contributed by atoms with Crippen molar-refractivity contribution in [3.8, 4) is 28.5 Å². The maximum atomic E-state index is 13.7. The van der Waals surface area contributed by atoms with E-state index in [0.717, 1.165) is 17.1 Å². The van der Waals surface area contributed by atoms with Crippen LogP contribution in [0.15, 0.2) is 76.8 Å². The van der Waals surface area contributed by atoms with E-state index in [9.17, 15) is 4.79 Å². The number of aromatic nitrogens is 6. The first kappa shape index (κ1) is 19.4. The Labute approximate surface area is 182 Å². The highest BCUT2D eigenvalue weighted by atomic mass is 16.1. The Balaban J connectivity index is 1.91. The maximum Gasteiger partial charge on any atom is 0.296 e. The summed E-state index contributed by atoms with van der Waals surface area (Å²) in [5.41, 5.74) is 9.39. The molecule has 0 aliphatic carbocycles. The number of nitrogens with two attached hydrogens (primary N) is 2. The number of rotatable bonds is 3. The zero-order chi connectivity index (χ0) is 22.4. The molecule has 3 heterocycles. The Morgan fingerprint density at radius 3 is 2.19 bits per heavy atom. The average molecular weight is 427 g/mol. The van der Waals surface area contributed by atoms with Gasteiger partial charge in [-0.1, -0.05) is 36.4 Å². The second kappa shape index (κ2) is 7.27. The summed E-state index contributed by atoms with van der Waals surface area (Å²) in [6.07, 6.45) is 1.70. The van der Waals surface area contributed by atoms with Gasteiger partial charge in [-0.2, -0.15) is 0 Å². The van der Waals surface area contributed by atoms with Gasteiger partial charge in [-0.25, -0.2) is 4.68 Å². The van der Waals surface area contributed by atoms with E-state index in [2.05, 4.69) is 15.3 Å². The van der Waals surface area contributed by atoms with Gasteiger partial charge < -0.3 is 11.6 Å². The van der Waals surface area contributed by atoms with E-state index in [1.54, 1.807) is 24.7 Å². The molecule has 0 amide bonds. The average Bonchev–Trinajstić information content (AvgIpc) is 3.29. The fourth-order valence-corrected chi connectivity index (χ4v) is 3.93. The Hall–Kier alpha value is -4.60. The molecule has 160 valence electrons. The van der Waals surface area contributed by atoms with Gasteiger partial charge in [0.25, 0.3) is 5.56 Å². The highest BCUT2D eigenvalue weighted by Crippen LogP contribution is 2.26. The van der Waals surface area contributed by atoms with Gasteiger partial charge in [0.05, 0.1) is 22.6 Å². The van der Waals surface area contributed by atoms with Crippen LogP contribution in [0.1, 0.15) is 5.69 Å². The van der Waals surface area contributed by atoms with Crippen molar-refractivity contribution in [3.05, 3.63) is 88.5 Å². The van der Waals surface area contributed by atoms with E-state index in [1.807, 2.05) is 74.6 Å². The molecule has 3 aromatic rings. The molecule has 0 unspecified atom stereocenters. The largest absolute Gasteiger partial charge is 0.382 e. The minimum Gasteiger partial charge on any atom is -0.382 e. The first-order chi connectivity index (χ1) is 15.5. The quantitative estimate of drug-likeness (QED) is 0.332. The molecule has 4 N–H and O–H groups in total. The minimum absolute atomic E-state index is 0.226. The number of anilines is 1. The molecular weight excluding hydrogens is 406 g/mol. The Morgan fingerprint density at radius 2 is 1.56 bits per heavy atom. The van der Waals surface area contributed by atoms with Gasteiger partial charge in [0.1, 0.15) is 5.69 Å². The summed E-state index contributed by atoms with van der Waals surface area (Å²) < 4.78 is 6.77. The fraction of sp³-hybridized carbons (Fsp3) is 0.0909. The third-order valence-electron chi connectivity index (χ3n) is 5.55. The van der Waals surface area contributed by atoms with Crippen LogP contribution >= 0.6 is 0 Å². The SMILES string of the molecule is Cc1c(-n2cc3c(N)nnc-3n(-c3ccccc3)/c2=N\N)c(=O)n(-c2ccccc2)n1C. The van der Waals surface area contributed by atoms with Crippen molar-refractivity contribution >= 4 is 5.82 Å². The van der Waals surface area contributed by atoms with Gasteiger partial charge in [-0.15, -0.1) is 15.3 Å². The van der Waals surface area contributed by atoms with Crippen molar-refractivity contribution in [3.63, 3.8) is 0 Å². The molecule has 0 radical (unpaired) electrons. The van der Waals surface area contributed by atoms with Gasteiger partial charge in [-0.05, 0) is 31.2 Å². The molecular formula is C22H21N9O. The van der Waals surface area contributed by atoms with Gasteiger partial charge in [0.2, 0.25) is 5.62 Å². The van der Waals surface area contributed by atoms with E-state index >= 15 is 0 Å². The Morgan fingerprint density at radius 1 is 0.938 bits per heavy atom. The lowest BCUT2D eigenvalue weighted by Crippen LogP contribution is -2.35. The van der Waals surface area contributed by atoms with Crippen molar-refractivity contribution in [1.29, 1.82) is 0 Å². The lowest BCUT2D eigenvalue weighted by atomic mass is 10.2. The number of benzene rings is 2. The molecule has 10 heteroatoms. The number of hydrogen-bond acceptors (Lipinski definition) is 6. The molecule has 0 spiro atoms. The lowest BCUT2D eigenvalue weighted by molar-refractivity contribution is 0.630. The van der Waals surface area contributed by atoms with E-state index in [4.69, 9.17) is 11.6 Å². The van der Waals surface area contributed by atoms with Crippen LogP contribution in [-0.2, 0) is 7.05 Å². The Bertz CT molecular complexity index is 1520. The van der Waals surface area contributed by atoms with Gasteiger partial charge >= 0.3 is 0 Å². The molecule has 0 fully saturated rings. The van der Waals surface area contributed by atoms with Crippen LogP contribution in [0.25, 0.3) is 28.5 Å². The third-order valence-corrected chi connectivity index (χ3v) is 5.55. The topological polar surface area (TPSA) is 127 Å². The van der Waals surface area contributed by atoms with Gasteiger partial charge in [0.15, 0.2) is 11.6 Å². The summed E-state index contributed by atoms with van der Waals surface area (Å²) in [7, 11) is 1.83. The van der Waals surface area contributed by atoms with Crippen LogP contribution in [0.5, 0.6) is 0 Å². The van der Waals surface area contributed by atoms with Crippen LogP contribution in [0.4, 0.5) is 5.82 Å². The van der Waals surface area contributed by atoms with Crippen LogP contribution < -0.4 is 22.8 Å². The molecule has 2 aliphatic rings. The summed E-state index contributed by atoms with van der Waals surface area (Å²) in [5, 5.41) is 12.3. The molecule has 5 rings (SSSR count). The Kier molecular flexibility index (Phi) is 4.40. The normalized spacial score (nSPS) is 12.0. The van der Waals surface area contributed by atoms with Crippen LogP contribution in [0.3, 0.4) is 0 Å². The van der Waals surface area contributed by atoms with Crippen molar-refractivity contribution in [2.75, 3.05) is 5.73 Å². The highest BCUT2D eigenvalue weighted by Gasteiger charge is 2.24. The smallest absolute Gasteiger partial charge is 0.296 e. The monoisotopic (exact) mass is 427 g/mol. The minimum atomic E-state index is -0.226. The zero-order valence-corrected chi connectivity index (χ0v) is 17.5. The zero-order valence-electron chi connectivity index (χ0n) is 17.5. The van der Waals surface area contributed by atoms with Crippen LogP contribution in [-0.4, -0.2) is 28.7 Å². The van der Waals surface area contributed by atoms with E-state index in [1.165, 1.54) is 0 Å². The molecule has 2 aromatic carbocycles. The first-order valence-corrected chi connectivity index (χ1v) is 9.93. The standard InChI is InChI=1S/C22H21N9O/c1-14-18(21(32)31(28(14)2)16-11-7-4-8-12-16)29-13-17-19(23)26-27-20(17)30(22(29)25-24)15-9-5-3-6-10-15/h3-13H,24H2,1-2H3,(H2,23,26)/b25-22-. The lowest BCUT2D eigenvalue weighted by Gasteiger charge is -2.16. The number of nitrogen functional groups attached to an aromatic ring is 1. The summed E-state index contributed by atoms with van der Waals surface area (Å²) in [4.78, 5) is 13.7. The summed E-state index contributed by atoms with van der Waals surface area (Å²) in [6, 6.07) is 18.9.